The number of nitrogens with zero attached hydrogens (tertiary/aromatic N) is 1. The third-order valence-electron chi connectivity index (χ3n) is 3.58. The second-order valence-electron chi connectivity index (χ2n) is 5.02. The average molecular weight is 284 g/mol. The molecule has 1 heterocycles. The quantitative estimate of drug-likeness (QED) is 0.861. The van der Waals surface area contributed by atoms with E-state index >= 15 is 0 Å². The van der Waals surface area contributed by atoms with Gasteiger partial charge in [0.2, 0.25) is 0 Å². The molecule has 1 aliphatic heterocycles. The maximum absolute atomic E-state index is 12.6. The zero-order valence-electron chi connectivity index (χ0n) is 11.3. The van der Waals surface area contributed by atoms with Crippen LogP contribution in [0.3, 0.4) is 0 Å². The van der Waals surface area contributed by atoms with Crippen molar-refractivity contribution in [3.63, 3.8) is 0 Å². The van der Waals surface area contributed by atoms with E-state index in [4.69, 9.17) is 5.73 Å². The highest BCUT2D eigenvalue weighted by Crippen LogP contribution is 2.30. The Hall–Kier alpha value is -1.33. The molecule has 0 amide bonds. The molecule has 0 aromatic heterocycles. The van der Waals surface area contributed by atoms with Crippen molar-refractivity contribution in [2.45, 2.75) is 25.6 Å². The highest BCUT2D eigenvalue weighted by Gasteiger charge is 2.34. The first-order valence-electron chi connectivity index (χ1n) is 6.76. The van der Waals surface area contributed by atoms with Crippen molar-refractivity contribution in [3.8, 4) is 0 Å². The topological polar surface area (TPSA) is 29.3 Å². The fraction of sp³-hybridized carbons (Fsp3) is 0.467. The van der Waals surface area contributed by atoms with Crippen LogP contribution in [0.15, 0.2) is 35.9 Å². The van der Waals surface area contributed by atoms with Crippen LogP contribution in [0.5, 0.6) is 0 Å². The summed E-state index contributed by atoms with van der Waals surface area (Å²) in [5.41, 5.74) is 7.52. The Labute approximate surface area is 117 Å². The van der Waals surface area contributed by atoms with E-state index in [0.717, 1.165) is 12.0 Å². The van der Waals surface area contributed by atoms with Gasteiger partial charge < -0.3 is 5.73 Å². The molecule has 110 valence electrons. The van der Waals surface area contributed by atoms with E-state index in [1.54, 1.807) is 0 Å². The zero-order valence-corrected chi connectivity index (χ0v) is 11.3. The van der Waals surface area contributed by atoms with Gasteiger partial charge >= 0.3 is 6.18 Å². The summed E-state index contributed by atoms with van der Waals surface area (Å²) in [4.78, 5) is 2.03. The number of halogens is 3. The van der Waals surface area contributed by atoms with Crippen molar-refractivity contribution < 1.29 is 13.2 Å². The van der Waals surface area contributed by atoms with E-state index in [9.17, 15) is 13.2 Å². The van der Waals surface area contributed by atoms with Crippen molar-refractivity contribution in [1.29, 1.82) is 0 Å². The van der Waals surface area contributed by atoms with Gasteiger partial charge in [0.15, 0.2) is 0 Å². The minimum absolute atomic E-state index is 0.0720. The summed E-state index contributed by atoms with van der Waals surface area (Å²) in [6.07, 6.45) is -2.01. The summed E-state index contributed by atoms with van der Waals surface area (Å²) in [5.74, 6) is 0. The molecule has 0 radical (unpaired) electrons. The van der Waals surface area contributed by atoms with Gasteiger partial charge in [-0.05, 0) is 30.5 Å². The molecule has 0 unspecified atom stereocenters. The zero-order chi connectivity index (χ0) is 14.6. The van der Waals surface area contributed by atoms with Crippen molar-refractivity contribution in [2.75, 3.05) is 19.6 Å². The van der Waals surface area contributed by atoms with Gasteiger partial charge in [-0.15, -0.1) is 0 Å². The molecule has 5 heteroatoms. The fourth-order valence-corrected chi connectivity index (χ4v) is 2.46. The third-order valence-corrected chi connectivity index (χ3v) is 3.58. The van der Waals surface area contributed by atoms with Gasteiger partial charge in [0.1, 0.15) is 0 Å². The van der Waals surface area contributed by atoms with E-state index in [1.807, 2.05) is 29.2 Å². The van der Waals surface area contributed by atoms with E-state index in [2.05, 4.69) is 0 Å². The fourth-order valence-electron chi connectivity index (χ4n) is 2.46. The summed E-state index contributed by atoms with van der Waals surface area (Å²) in [6, 6.07) is 7.97. The van der Waals surface area contributed by atoms with Crippen LogP contribution in [-0.4, -0.2) is 30.7 Å². The molecule has 0 aliphatic carbocycles. The number of hydrogen-bond donors (Lipinski definition) is 1. The Balaban J connectivity index is 2.01. The lowest BCUT2D eigenvalue weighted by Crippen LogP contribution is -2.31. The van der Waals surface area contributed by atoms with Crippen LogP contribution < -0.4 is 5.73 Å². The minimum atomic E-state index is -4.18. The number of rotatable bonds is 4. The normalized spacial score (nSPS) is 17.1. The lowest BCUT2D eigenvalue weighted by atomic mass is 10.0. The molecule has 0 atom stereocenters. The van der Waals surface area contributed by atoms with Crippen LogP contribution >= 0.6 is 0 Å². The third kappa shape index (κ3) is 3.84. The molecule has 0 fully saturated rings. The first-order chi connectivity index (χ1) is 9.50. The van der Waals surface area contributed by atoms with Gasteiger partial charge in [-0.1, -0.05) is 30.3 Å². The van der Waals surface area contributed by atoms with Crippen LogP contribution in [0, 0.1) is 0 Å². The molecule has 0 bridgehead atoms. The Kier molecular flexibility index (Phi) is 4.83. The molecular weight excluding hydrogens is 265 g/mol. The van der Waals surface area contributed by atoms with Crippen molar-refractivity contribution in [3.05, 3.63) is 47.0 Å². The van der Waals surface area contributed by atoms with Gasteiger partial charge in [-0.2, -0.15) is 13.2 Å². The highest BCUT2D eigenvalue weighted by molar-refractivity contribution is 5.27. The standard InChI is InChI=1S/C15H19F3N2/c16-15(17,18)14-6-9-20(10-7-14)11-13-4-2-1-3-12(13)5-8-19/h1-4,6H,5,7-11,19H2. The summed E-state index contributed by atoms with van der Waals surface area (Å²) in [5, 5.41) is 0. The minimum Gasteiger partial charge on any atom is -0.330 e. The van der Waals surface area contributed by atoms with E-state index in [1.165, 1.54) is 11.6 Å². The maximum atomic E-state index is 12.6. The molecule has 0 saturated carbocycles. The van der Waals surface area contributed by atoms with Gasteiger partial charge in [0, 0.05) is 25.2 Å². The van der Waals surface area contributed by atoms with E-state index in [0.29, 0.717) is 26.2 Å². The lowest BCUT2D eigenvalue weighted by molar-refractivity contribution is -0.0960. The molecular formula is C15H19F3N2. The van der Waals surface area contributed by atoms with Gasteiger partial charge in [0.25, 0.3) is 0 Å². The Morgan fingerprint density at radius 2 is 1.85 bits per heavy atom. The van der Waals surface area contributed by atoms with Crippen LogP contribution in [0.1, 0.15) is 17.5 Å². The smallest absolute Gasteiger partial charge is 0.330 e. The molecule has 2 rings (SSSR count). The second-order valence-corrected chi connectivity index (χ2v) is 5.02. The van der Waals surface area contributed by atoms with Gasteiger partial charge in [-0.3, -0.25) is 4.90 Å². The molecule has 2 nitrogen and oxygen atoms in total. The van der Waals surface area contributed by atoms with Crippen LogP contribution in [-0.2, 0) is 13.0 Å². The Bertz CT molecular complexity index is 480. The Morgan fingerprint density at radius 1 is 1.15 bits per heavy atom. The van der Waals surface area contributed by atoms with Crippen LogP contribution in [0.4, 0.5) is 13.2 Å². The summed E-state index contributed by atoms with van der Waals surface area (Å²) < 4.78 is 37.7. The van der Waals surface area contributed by atoms with Crippen LogP contribution in [0.2, 0.25) is 0 Å². The van der Waals surface area contributed by atoms with Gasteiger partial charge in [0.05, 0.1) is 0 Å². The first kappa shape index (κ1) is 15.1. The van der Waals surface area contributed by atoms with Crippen molar-refractivity contribution >= 4 is 0 Å². The highest BCUT2D eigenvalue weighted by atomic mass is 19.4. The average Bonchev–Trinajstić information content (AvgIpc) is 2.41. The van der Waals surface area contributed by atoms with Gasteiger partial charge in [-0.25, -0.2) is 0 Å². The molecule has 2 N–H and O–H groups in total. The summed E-state index contributed by atoms with van der Waals surface area (Å²) in [6.45, 7) is 2.06. The maximum Gasteiger partial charge on any atom is 0.412 e. The predicted molar refractivity (Wildman–Crippen MR) is 73.2 cm³/mol. The summed E-state index contributed by atoms with van der Waals surface area (Å²) >= 11 is 0. The monoisotopic (exact) mass is 284 g/mol. The molecule has 1 aromatic rings. The molecule has 0 saturated heterocycles. The lowest BCUT2D eigenvalue weighted by Gasteiger charge is -2.27. The van der Waals surface area contributed by atoms with Crippen molar-refractivity contribution in [1.82, 2.24) is 4.90 Å². The SMILES string of the molecule is NCCc1ccccc1CN1CC=C(C(F)(F)F)CC1. The number of alkyl halides is 3. The number of benzene rings is 1. The Morgan fingerprint density at radius 3 is 2.40 bits per heavy atom. The second kappa shape index (κ2) is 6.41. The predicted octanol–water partition coefficient (Wildman–Crippen LogP) is 2.88. The summed E-state index contributed by atoms with van der Waals surface area (Å²) in [7, 11) is 0. The molecule has 20 heavy (non-hydrogen) atoms. The van der Waals surface area contributed by atoms with E-state index < -0.39 is 11.7 Å². The van der Waals surface area contributed by atoms with Crippen molar-refractivity contribution in [2.24, 2.45) is 5.73 Å². The largest absolute Gasteiger partial charge is 0.412 e. The number of hydrogen-bond acceptors (Lipinski definition) is 2. The van der Waals surface area contributed by atoms with E-state index in [-0.39, 0.29) is 6.42 Å². The number of nitrogens with two attached hydrogens (primary N) is 1. The molecule has 1 aromatic carbocycles. The molecule has 0 spiro atoms. The molecule has 1 aliphatic rings. The van der Waals surface area contributed by atoms with Crippen LogP contribution in [0.25, 0.3) is 0 Å². The first-order valence-corrected chi connectivity index (χ1v) is 6.76.